The molecule has 130 valence electrons. The fourth-order valence-corrected chi connectivity index (χ4v) is 3.60. The number of nitrogens with zero attached hydrogens (tertiary/aromatic N) is 4. The minimum absolute atomic E-state index is 0.150. The number of nitrogens with one attached hydrogen (secondary N) is 1. The van der Waals surface area contributed by atoms with Gasteiger partial charge in [0.05, 0.1) is 5.69 Å². The summed E-state index contributed by atoms with van der Waals surface area (Å²) in [4.78, 5) is 18.9. The van der Waals surface area contributed by atoms with Crippen molar-refractivity contribution in [2.75, 3.05) is 18.4 Å². The fraction of sp³-hybridized carbons (Fsp3) is 0.474. The van der Waals surface area contributed by atoms with E-state index in [1.54, 1.807) is 6.20 Å². The van der Waals surface area contributed by atoms with Gasteiger partial charge in [-0.05, 0) is 55.9 Å². The molecular formula is C19H23N5O. The maximum Gasteiger partial charge on any atom is 0.226 e. The van der Waals surface area contributed by atoms with Crippen LogP contribution < -0.4 is 5.32 Å². The average Bonchev–Trinajstić information content (AvgIpc) is 3.45. The van der Waals surface area contributed by atoms with Crippen LogP contribution >= 0.6 is 0 Å². The van der Waals surface area contributed by atoms with E-state index >= 15 is 0 Å². The second-order valence-electron chi connectivity index (χ2n) is 7.04. The third kappa shape index (κ3) is 3.62. The number of aromatic nitrogens is 3. The first kappa shape index (κ1) is 16.0. The molecule has 2 fully saturated rings. The van der Waals surface area contributed by atoms with Crippen LogP contribution in [0.15, 0.2) is 36.7 Å². The van der Waals surface area contributed by atoms with Gasteiger partial charge in [-0.25, -0.2) is 0 Å². The number of rotatable bonds is 4. The summed E-state index contributed by atoms with van der Waals surface area (Å²) in [6, 6.07) is 8.29. The lowest BCUT2D eigenvalue weighted by atomic mass is 10.0. The lowest BCUT2D eigenvalue weighted by Crippen LogP contribution is -2.43. The van der Waals surface area contributed by atoms with Crippen molar-refractivity contribution in [2.24, 2.45) is 5.92 Å². The third-order valence-corrected chi connectivity index (χ3v) is 5.18. The van der Waals surface area contributed by atoms with Gasteiger partial charge in [-0.3, -0.25) is 9.78 Å². The molecule has 2 aromatic heterocycles. The number of carbonyl (C=O) groups is 1. The maximum atomic E-state index is 12.7. The summed E-state index contributed by atoms with van der Waals surface area (Å²) in [5.41, 5.74) is 2.11. The molecule has 0 spiro atoms. The second-order valence-corrected chi connectivity index (χ2v) is 7.04. The molecule has 4 rings (SSSR count). The molecule has 1 N–H and O–H groups in total. The molecule has 1 aliphatic heterocycles. The average molecular weight is 337 g/mol. The van der Waals surface area contributed by atoms with Crippen LogP contribution in [-0.2, 0) is 4.79 Å². The first-order valence-electron chi connectivity index (χ1n) is 8.96. The van der Waals surface area contributed by atoms with Crippen molar-refractivity contribution in [3.8, 4) is 0 Å². The molecule has 1 saturated carbocycles. The van der Waals surface area contributed by atoms with Crippen LogP contribution in [0.3, 0.4) is 0 Å². The van der Waals surface area contributed by atoms with Crippen molar-refractivity contribution in [3.05, 3.63) is 47.9 Å². The lowest BCUT2D eigenvalue weighted by Gasteiger charge is -2.32. The van der Waals surface area contributed by atoms with E-state index in [2.05, 4.69) is 26.6 Å². The van der Waals surface area contributed by atoms with Crippen molar-refractivity contribution < 1.29 is 4.79 Å². The van der Waals surface area contributed by atoms with E-state index in [9.17, 15) is 4.79 Å². The van der Waals surface area contributed by atoms with E-state index in [1.807, 2.05) is 36.2 Å². The minimum atomic E-state index is 0.150. The van der Waals surface area contributed by atoms with Crippen molar-refractivity contribution in [1.29, 1.82) is 0 Å². The summed E-state index contributed by atoms with van der Waals surface area (Å²) >= 11 is 0. The molecule has 1 saturated heterocycles. The largest absolute Gasteiger partial charge is 0.366 e. The van der Waals surface area contributed by atoms with Gasteiger partial charge in [0.2, 0.25) is 5.91 Å². The van der Waals surface area contributed by atoms with Gasteiger partial charge in [0, 0.05) is 37.4 Å². The standard InChI is InChI=1S/C19H23N5O/c1-13-4-5-18(23-22-13)21-15-6-9-24(10-7-15)19(25)17-11-16(17)14-3-2-8-20-12-14/h2-5,8,12,15-17H,6-7,9-11H2,1H3,(H,21,23)/t16-,17-/m0/s1. The van der Waals surface area contributed by atoms with E-state index < -0.39 is 0 Å². The van der Waals surface area contributed by atoms with Crippen molar-refractivity contribution in [2.45, 2.75) is 38.1 Å². The van der Waals surface area contributed by atoms with Crippen LogP contribution in [0, 0.1) is 12.8 Å². The number of carbonyl (C=O) groups excluding carboxylic acids is 1. The Morgan fingerprint density at radius 1 is 1.20 bits per heavy atom. The molecule has 0 unspecified atom stereocenters. The Morgan fingerprint density at radius 3 is 2.72 bits per heavy atom. The quantitative estimate of drug-likeness (QED) is 0.927. The van der Waals surface area contributed by atoms with Crippen LogP contribution in [0.2, 0.25) is 0 Å². The summed E-state index contributed by atoms with van der Waals surface area (Å²) in [6.07, 6.45) is 6.52. The number of hydrogen-bond acceptors (Lipinski definition) is 5. The van der Waals surface area contributed by atoms with Gasteiger partial charge in [-0.15, -0.1) is 5.10 Å². The zero-order chi connectivity index (χ0) is 17.2. The van der Waals surface area contributed by atoms with Crippen LogP contribution in [0.25, 0.3) is 0 Å². The number of piperidine rings is 1. The van der Waals surface area contributed by atoms with Crippen molar-refractivity contribution in [3.63, 3.8) is 0 Å². The Balaban J connectivity index is 1.27. The number of amides is 1. The van der Waals surface area contributed by atoms with Crippen LogP contribution in [-0.4, -0.2) is 45.1 Å². The van der Waals surface area contributed by atoms with Crippen molar-refractivity contribution >= 4 is 11.7 Å². The molecule has 3 heterocycles. The van der Waals surface area contributed by atoms with Gasteiger partial charge in [0.15, 0.2) is 0 Å². The Kier molecular flexibility index (Phi) is 4.34. The minimum Gasteiger partial charge on any atom is -0.366 e. The number of pyridine rings is 1. The van der Waals surface area contributed by atoms with Gasteiger partial charge in [0.25, 0.3) is 0 Å². The molecule has 0 bridgehead atoms. The van der Waals surface area contributed by atoms with E-state index in [0.717, 1.165) is 43.9 Å². The van der Waals surface area contributed by atoms with Gasteiger partial charge in [-0.2, -0.15) is 5.10 Å². The van der Waals surface area contributed by atoms with E-state index in [0.29, 0.717) is 17.9 Å². The predicted molar refractivity (Wildman–Crippen MR) is 95.1 cm³/mol. The summed E-state index contributed by atoms with van der Waals surface area (Å²) in [7, 11) is 0. The lowest BCUT2D eigenvalue weighted by molar-refractivity contribution is -0.133. The molecule has 0 aromatic carbocycles. The highest BCUT2D eigenvalue weighted by atomic mass is 16.2. The van der Waals surface area contributed by atoms with Crippen molar-refractivity contribution in [1.82, 2.24) is 20.1 Å². The molecule has 2 atom stereocenters. The van der Waals surface area contributed by atoms with Crippen LogP contribution in [0.4, 0.5) is 5.82 Å². The van der Waals surface area contributed by atoms with Gasteiger partial charge >= 0.3 is 0 Å². The molecule has 1 amide bonds. The van der Waals surface area contributed by atoms with E-state index in [4.69, 9.17) is 0 Å². The molecule has 25 heavy (non-hydrogen) atoms. The topological polar surface area (TPSA) is 71.0 Å². The highest BCUT2D eigenvalue weighted by Crippen LogP contribution is 2.48. The predicted octanol–water partition coefficient (Wildman–Crippen LogP) is 2.39. The number of likely N-dealkylation sites (tertiary alicyclic amines) is 1. The zero-order valence-corrected chi connectivity index (χ0v) is 14.4. The maximum absolute atomic E-state index is 12.7. The molecule has 0 radical (unpaired) electrons. The third-order valence-electron chi connectivity index (χ3n) is 5.18. The zero-order valence-electron chi connectivity index (χ0n) is 14.4. The Morgan fingerprint density at radius 2 is 2.04 bits per heavy atom. The Labute approximate surface area is 147 Å². The Hall–Kier alpha value is -2.50. The SMILES string of the molecule is Cc1ccc(NC2CCN(C(=O)[C@H]3C[C@H]3c3cccnc3)CC2)nn1. The fourth-order valence-electron chi connectivity index (χ4n) is 3.60. The molecule has 1 aliphatic carbocycles. The van der Waals surface area contributed by atoms with E-state index in [-0.39, 0.29) is 5.92 Å². The smallest absolute Gasteiger partial charge is 0.226 e. The van der Waals surface area contributed by atoms with Crippen LogP contribution in [0.5, 0.6) is 0 Å². The summed E-state index contributed by atoms with van der Waals surface area (Å²) in [5.74, 6) is 1.63. The summed E-state index contributed by atoms with van der Waals surface area (Å²) < 4.78 is 0. The first-order chi connectivity index (χ1) is 12.2. The van der Waals surface area contributed by atoms with E-state index in [1.165, 1.54) is 5.56 Å². The van der Waals surface area contributed by atoms with Gasteiger partial charge in [0.1, 0.15) is 5.82 Å². The monoisotopic (exact) mass is 337 g/mol. The first-order valence-corrected chi connectivity index (χ1v) is 8.96. The molecule has 2 aliphatic rings. The highest BCUT2D eigenvalue weighted by Gasteiger charge is 2.46. The second kappa shape index (κ2) is 6.78. The Bertz CT molecular complexity index is 725. The number of hydrogen-bond donors (Lipinski definition) is 1. The van der Waals surface area contributed by atoms with Gasteiger partial charge in [-0.1, -0.05) is 6.07 Å². The van der Waals surface area contributed by atoms with Gasteiger partial charge < -0.3 is 10.2 Å². The highest BCUT2D eigenvalue weighted by molar-refractivity contribution is 5.83. The summed E-state index contributed by atoms with van der Waals surface area (Å²) in [6.45, 7) is 3.55. The normalized spacial score (nSPS) is 23.3. The molecule has 6 heteroatoms. The molecule has 2 aromatic rings. The number of anilines is 1. The summed E-state index contributed by atoms with van der Waals surface area (Å²) in [5, 5.41) is 11.7. The molecular weight excluding hydrogens is 314 g/mol. The van der Waals surface area contributed by atoms with Crippen LogP contribution in [0.1, 0.15) is 36.4 Å². The molecule has 6 nitrogen and oxygen atoms in total. The number of aryl methyl sites for hydroxylation is 1.